The second-order valence-corrected chi connectivity index (χ2v) is 18.0. The molecule has 0 aliphatic carbocycles. The molecule has 10 nitrogen and oxygen atoms in total. The Bertz CT molecular complexity index is 1730. The number of nitrogens with zero attached hydrogens (tertiary/aromatic N) is 3. The molecule has 3 aromatic rings. The molecule has 244 valence electrons. The molecular formula is C34H40BrN3O7Si. The topological polar surface area (TPSA) is 122 Å². The Labute approximate surface area is 277 Å². The lowest BCUT2D eigenvalue weighted by atomic mass is 9.82. The lowest BCUT2D eigenvalue weighted by Gasteiger charge is -2.33. The SMILES string of the molecule is COc1cccn(-c2cccc(CN3C(=O)[C@]4(O[C@H](CC(=O)N5CCC[C@H]5CO)[C@@H]([Si](C)(C)O)[C@@H]4C)c4cc(Br)ccc43)c2)c1=O. The monoisotopic (exact) mass is 709 g/mol. The van der Waals surface area contributed by atoms with Crippen molar-refractivity contribution in [1.29, 1.82) is 0 Å². The number of aliphatic hydroxyl groups excluding tert-OH is 1. The van der Waals surface area contributed by atoms with Crippen molar-refractivity contribution in [3.05, 3.63) is 86.7 Å². The smallest absolute Gasteiger partial charge is 0.297 e. The highest BCUT2D eigenvalue weighted by Crippen LogP contribution is 2.60. The van der Waals surface area contributed by atoms with Crippen LogP contribution in [0.15, 0.2) is 70.1 Å². The van der Waals surface area contributed by atoms with Gasteiger partial charge in [0.1, 0.15) is 0 Å². The Kier molecular flexibility index (Phi) is 8.79. The number of pyridine rings is 1. The average Bonchev–Trinajstić information content (AvgIpc) is 3.68. The highest BCUT2D eigenvalue weighted by molar-refractivity contribution is 9.10. The summed E-state index contributed by atoms with van der Waals surface area (Å²) in [6.45, 7) is 6.33. The molecule has 3 aliphatic heterocycles. The van der Waals surface area contributed by atoms with E-state index in [1.165, 1.54) is 11.7 Å². The number of anilines is 1. The van der Waals surface area contributed by atoms with E-state index in [0.717, 1.165) is 22.9 Å². The molecule has 2 amide bonds. The van der Waals surface area contributed by atoms with E-state index in [1.807, 2.05) is 62.5 Å². The van der Waals surface area contributed by atoms with Gasteiger partial charge in [0.2, 0.25) is 5.91 Å². The van der Waals surface area contributed by atoms with Crippen LogP contribution in [0.4, 0.5) is 5.69 Å². The van der Waals surface area contributed by atoms with Gasteiger partial charge in [-0.1, -0.05) is 35.0 Å². The van der Waals surface area contributed by atoms with Crippen LogP contribution in [0.25, 0.3) is 5.69 Å². The number of fused-ring (bicyclic) bond motifs is 2. The minimum Gasteiger partial charge on any atom is -0.491 e. The predicted octanol–water partition coefficient (Wildman–Crippen LogP) is 4.33. The maximum Gasteiger partial charge on any atom is 0.297 e. The summed E-state index contributed by atoms with van der Waals surface area (Å²) in [6, 6.07) is 16.3. The third kappa shape index (κ3) is 5.43. The minimum atomic E-state index is -2.96. The first-order valence-corrected chi connectivity index (χ1v) is 19.5. The Morgan fingerprint density at radius 2 is 1.93 bits per heavy atom. The second kappa shape index (κ2) is 12.4. The number of hydrogen-bond acceptors (Lipinski definition) is 7. The number of carbonyl (C=O) groups excluding carboxylic acids is 2. The van der Waals surface area contributed by atoms with Crippen LogP contribution in [0.1, 0.15) is 37.3 Å². The number of amides is 2. The lowest BCUT2D eigenvalue weighted by molar-refractivity contribution is -0.150. The zero-order valence-electron chi connectivity index (χ0n) is 26.5. The first kappa shape index (κ1) is 32.6. The summed E-state index contributed by atoms with van der Waals surface area (Å²) in [5, 5.41) is 9.84. The number of aromatic nitrogens is 1. The van der Waals surface area contributed by atoms with Crippen LogP contribution >= 0.6 is 15.9 Å². The van der Waals surface area contributed by atoms with Crippen LogP contribution < -0.4 is 15.2 Å². The van der Waals surface area contributed by atoms with Gasteiger partial charge < -0.3 is 29.2 Å². The Hall–Kier alpha value is -3.29. The molecule has 6 rings (SSSR count). The zero-order chi connectivity index (χ0) is 33.0. The second-order valence-electron chi connectivity index (χ2n) is 13.1. The molecule has 0 saturated carbocycles. The van der Waals surface area contributed by atoms with Gasteiger partial charge >= 0.3 is 0 Å². The number of methoxy groups -OCH3 is 1. The summed E-state index contributed by atoms with van der Waals surface area (Å²) in [5.74, 6) is -0.567. The summed E-state index contributed by atoms with van der Waals surface area (Å²) in [5.41, 5.74) is 0.762. The zero-order valence-corrected chi connectivity index (χ0v) is 29.1. The van der Waals surface area contributed by atoms with Crippen molar-refractivity contribution in [3.8, 4) is 11.4 Å². The van der Waals surface area contributed by atoms with E-state index in [0.29, 0.717) is 23.5 Å². The molecule has 12 heteroatoms. The molecule has 4 heterocycles. The third-order valence-electron chi connectivity index (χ3n) is 9.89. The number of benzene rings is 2. The molecule has 0 bridgehead atoms. The normalized spacial score (nSPS) is 25.8. The maximum atomic E-state index is 14.8. The fraction of sp³-hybridized carbons (Fsp3) is 0.441. The molecule has 2 N–H and O–H groups in total. The van der Waals surface area contributed by atoms with Crippen molar-refractivity contribution in [2.75, 3.05) is 25.2 Å². The summed E-state index contributed by atoms with van der Waals surface area (Å²) in [6.07, 6.45) is 2.61. The van der Waals surface area contributed by atoms with Crippen molar-refractivity contribution in [2.24, 2.45) is 5.92 Å². The van der Waals surface area contributed by atoms with E-state index in [2.05, 4.69) is 15.9 Å². The van der Waals surface area contributed by atoms with Crippen molar-refractivity contribution >= 4 is 41.7 Å². The Balaban J connectivity index is 1.37. The molecule has 1 spiro atoms. The van der Waals surface area contributed by atoms with Crippen LogP contribution in [-0.4, -0.2) is 71.9 Å². The van der Waals surface area contributed by atoms with E-state index in [4.69, 9.17) is 9.47 Å². The summed E-state index contributed by atoms with van der Waals surface area (Å²) < 4.78 is 14.4. The van der Waals surface area contributed by atoms with Gasteiger partial charge in [0.05, 0.1) is 44.5 Å². The molecule has 1 aromatic heterocycles. The van der Waals surface area contributed by atoms with Gasteiger partial charge in [0.25, 0.3) is 11.5 Å². The number of carbonyl (C=O) groups is 2. The van der Waals surface area contributed by atoms with E-state index >= 15 is 0 Å². The van der Waals surface area contributed by atoms with Crippen molar-refractivity contribution < 1.29 is 29.0 Å². The summed E-state index contributed by atoms with van der Waals surface area (Å²) >= 11 is 3.59. The molecule has 0 radical (unpaired) electrons. The van der Waals surface area contributed by atoms with Gasteiger partial charge in [-0.15, -0.1) is 0 Å². The molecule has 46 heavy (non-hydrogen) atoms. The average molecular weight is 711 g/mol. The molecule has 2 fully saturated rings. The number of ether oxygens (including phenoxy) is 2. The molecule has 2 aromatic carbocycles. The van der Waals surface area contributed by atoms with Crippen LogP contribution in [-0.2, 0) is 26.5 Å². The summed E-state index contributed by atoms with van der Waals surface area (Å²) in [4.78, 5) is 56.3. The van der Waals surface area contributed by atoms with Crippen LogP contribution in [0, 0.1) is 5.92 Å². The van der Waals surface area contributed by atoms with Crippen molar-refractivity contribution in [2.45, 2.75) is 69.1 Å². The van der Waals surface area contributed by atoms with Gasteiger partial charge in [-0.05, 0) is 74.0 Å². The predicted molar refractivity (Wildman–Crippen MR) is 180 cm³/mol. The van der Waals surface area contributed by atoms with Crippen LogP contribution in [0.5, 0.6) is 5.75 Å². The first-order chi connectivity index (χ1) is 21.9. The van der Waals surface area contributed by atoms with Crippen LogP contribution in [0.2, 0.25) is 18.6 Å². The summed E-state index contributed by atoms with van der Waals surface area (Å²) in [7, 11) is -1.51. The fourth-order valence-electron chi connectivity index (χ4n) is 7.87. The number of likely N-dealkylation sites (tertiary alicyclic amines) is 1. The number of hydrogen-bond donors (Lipinski definition) is 2. The number of rotatable bonds is 8. The Morgan fingerprint density at radius 3 is 2.65 bits per heavy atom. The van der Waals surface area contributed by atoms with Gasteiger partial charge in [-0.3, -0.25) is 19.0 Å². The van der Waals surface area contributed by atoms with Crippen molar-refractivity contribution in [1.82, 2.24) is 9.47 Å². The Morgan fingerprint density at radius 1 is 1.15 bits per heavy atom. The largest absolute Gasteiger partial charge is 0.491 e. The van der Waals surface area contributed by atoms with E-state index in [1.54, 1.807) is 28.1 Å². The van der Waals surface area contributed by atoms with E-state index in [9.17, 15) is 24.3 Å². The highest BCUT2D eigenvalue weighted by Gasteiger charge is 2.66. The number of halogens is 1. The maximum absolute atomic E-state index is 14.8. The molecule has 0 unspecified atom stereocenters. The van der Waals surface area contributed by atoms with Gasteiger partial charge in [0.15, 0.2) is 19.7 Å². The molecule has 3 aliphatic rings. The minimum absolute atomic E-state index is 0.0260. The highest BCUT2D eigenvalue weighted by atomic mass is 79.9. The fourth-order valence-corrected chi connectivity index (χ4v) is 10.8. The third-order valence-corrected chi connectivity index (χ3v) is 12.9. The molecule has 5 atom stereocenters. The lowest BCUT2D eigenvalue weighted by Crippen LogP contribution is -2.46. The first-order valence-electron chi connectivity index (χ1n) is 15.7. The van der Waals surface area contributed by atoms with E-state index in [-0.39, 0.29) is 48.7 Å². The standard InChI is InChI=1S/C34H40BrN3O7Si/c1-21-31(46(3,4)43)29(18-30(40)36-14-6-10-25(36)20-39)45-34(21)26-17-23(35)12-13-27(26)38(33(34)42)19-22-8-5-9-24(16-22)37-15-7-11-28(44-2)32(37)41/h5,7-9,11-13,15-17,21,25,29,31,39,43H,6,10,14,18-20H2,1-4H3/t21-,25-,29+,31-,34+/m0/s1. The van der Waals surface area contributed by atoms with Gasteiger partial charge in [-0.2, -0.15) is 0 Å². The quantitative estimate of drug-likeness (QED) is 0.334. The van der Waals surface area contributed by atoms with Crippen LogP contribution in [0.3, 0.4) is 0 Å². The van der Waals surface area contributed by atoms with Gasteiger partial charge in [0, 0.05) is 39.9 Å². The van der Waals surface area contributed by atoms with Crippen molar-refractivity contribution in [3.63, 3.8) is 0 Å². The number of aliphatic hydroxyl groups is 1. The molecular weight excluding hydrogens is 670 g/mol. The van der Waals surface area contributed by atoms with Gasteiger partial charge in [-0.25, -0.2) is 0 Å². The van der Waals surface area contributed by atoms with E-state index < -0.39 is 31.5 Å². The molecule has 2 saturated heterocycles.